The highest BCUT2D eigenvalue weighted by atomic mass is 32.2. The zero-order valence-electron chi connectivity index (χ0n) is 9.47. The molecule has 0 bridgehead atoms. The first-order valence-electron chi connectivity index (χ1n) is 5.10. The summed E-state index contributed by atoms with van der Waals surface area (Å²) in [5.41, 5.74) is 1.03. The van der Waals surface area contributed by atoms with E-state index in [1.165, 1.54) is 0 Å². The van der Waals surface area contributed by atoms with Gasteiger partial charge in [0.15, 0.2) is 0 Å². The van der Waals surface area contributed by atoms with Crippen LogP contribution in [0.1, 0.15) is 12.5 Å². The monoisotopic (exact) mass is 260 g/mol. The van der Waals surface area contributed by atoms with Crippen molar-refractivity contribution in [2.75, 3.05) is 18.1 Å². The van der Waals surface area contributed by atoms with Crippen LogP contribution in [0.4, 0.5) is 0 Å². The van der Waals surface area contributed by atoms with Gasteiger partial charge in [-0.15, -0.1) is 0 Å². The Morgan fingerprint density at radius 1 is 1.25 bits per heavy atom. The number of benzene rings is 1. The van der Waals surface area contributed by atoms with E-state index in [4.69, 9.17) is 4.18 Å². The van der Waals surface area contributed by atoms with Crippen LogP contribution in [-0.4, -0.2) is 26.5 Å². The van der Waals surface area contributed by atoms with Gasteiger partial charge in [0.2, 0.25) is 0 Å². The average Bonchev–Trinajstić information content (AvgIpc) is 2.25. The largest absolute Gasteiger partial charge is 0.296 e. The van der Waals surface area contributed by atoms with Crippen molar-refractivity contribution in [1.29, 1.82) is 0 Å². The van der Waals surface area contributed by atoms with Gasteiger partial charge in [0.1, 0.15) is 0 Å². The highest BCUT2D eigenvalue weighted by Crippen LogP contribution is 2.13. The van der Waals surface area contributed by atoms with E-state index in [2.05, 4.69) is 0 Å². The molecule has 0 saturated heterocycles. The quantitative estimate of drug-likeness (QED) is 0.582. The zero-order chi connectivity index (χ0) is 12.0. The molecule has 0 saturated carbocycles. The molecule has 0 atom stereocenters. The molecule has 1 rings (SSSR count). The third-order valence-corrected chi connectivity index (χ3v) is 4.17. The van der Waals surface area contributed by atoms with Crippen LogP contribution in [-0.2, 0) is 14.3 Å². The maximum Gasteiger partial charge on any atom is 0.296 e. The predicted octanol–water partition coefficient (Wildman–Crippen LogP) is 2.45. The number of aryl methyl sites for hydroxylation is 1. The standard InChI is InChI=1S/C11H16O3S2/c1-3-15-9-8-14-16(12,13)11-6-4-10(2)5-7-11/h4-7H,3,8-9H2,1-2H3. The Kier molecular flexibility index (Phi) is 5.31. The Hall–Kier alpha value is -0.520. The summed E-state index contributed by atoms with van der Waals surface area (Å²) in [7, 11) is -3.57. The van der Waals surface area contributed by atoms with Crippen molar-refractivity contribution in [3.63, 3.8) is 0 Å². The highest BCUT2D eigenvalue weighted by Gasteiger charge is 2.13. The summed E-state index contributed by atoms with van der Waals surface area (Å²) >= 11 is 1.66. The van der Waals surface area contributed by atoms with Gasteiger partial charge in [-0.2, -0.15) is 20.2 Å². The van der Waals surface area contributed by atoms with Gasteiger partial charge in [-0.25, -0.2) is 0 Å². The number of rotatable bonds is 6. The Balaban J connectivity index is 2.60. The summed E-state index contributed by atoms with van der Waals surface area (Å²) in [6, 6.07) is 6.66. The molecule has 90 valence electrons. The summed E-state index contributed by atoms with van der Waals surface area (Å²) in [6.45, 7) is 4.17. The lowest BCUT2D eigenvalue weighted by atomic mass is 10.2. The van der Waals surface area contributed by atoms with Crippen molar-refractivity contribution in [3.8, 4) is 0 Å². The number of thioether (sulfide) groups is 1. The maximum absolute atomic E-state index is 11.7. The van der Waals surface area contributed by atoms with Crippen LogP contribution in [0, 0.1) is 6.92 Å². The molecule has 0 N–H and O–H groups in total. The molecule has 0 radical (unpaired) electrons. The summed E-state index contributed by atoms with van der Waals surface area (Å²) in [4.78, 5) is 0.222. The van der Waals surface area contributed by atoms with E-state index in [0.717, 1.165) is 11.3 Å². The zero-order valence-corrected chi connectivity index (χ0v) is 11.1. The molecule has 1 aromatic carbocycles. The number of hydrogen-bond acceptors (Lipinski definition) is 4. The van der Waals surface area contributed by atoms with E-state index in [9.17, 15) is 8.42 Å². The lowest BCUT2D eigenvalue weighted by molar-refractivity contribution is 0.341. The minimum atomic E-state index is -3.57. The second kappa shape index (κ2) is 6.27. The molecule has 0 fully saturated rings. The van der Waals surface area contributed by atoms with Gasteiger partial charge in [0, 0.05) is 5.75 Å². The average molecular weight is 260 g/mol. The Bertz CT molecular complexity index is 409. The van der Waals surface area contributed by atoms with Gasteiger partial charge in [0.05, 0.1) is 11.5 Å². The second-order valence-electron chi connectivity index (χ2n) is 3.29. The van der Waals surface area contributed by atoms with Crippen molar-refractivity contribution in [2.45, 2.75) is 18.7 Å². The maximum atomic E-state index is 11.7. The van der Waals surface area contributed by atoms with E-state index >= 15 is 0 Å². The fourth-order valence-corrected chi connectivity index (χ4v) is 2.62. The second-order valence-corrected chi connectivity index (χ2v) is 6.30. The predicted molar refractivity (Wildman–Crippen MR) is 67.3 cm³/mol. The smallest absolute Gasteiger partial charge is 0.266 e. The minimum Gasteiger partial charge on any atom is -0.266 e. The molecule has 3 nitrogen and oxygen atoms in total. The summed E-state index contributed by atoms with van der Waals surface area (Å²) < 4.78 is 28.3. The third kappa shape index (κ3) is 4.15. The van der Waals surface area contributed by atoms with Crippen LogP contribution in [0.3, 0.4) is 0 Å². The van der Waals surface area contributed by atoms with Crippen LogP contribution < -0.4 is 0 Å². The van der Waals surface area contributed by atoms with Crippen LogP contribution in [0.15, 0.2) is 29.2 Å². The van der Waals surface area contributed by atoms with Gasteiger partial charge in [-0.05, 0) is 24.8 Å². The van der Waals surface area contributed by atoms with Crippen molar-refractivity contribution < 1.29 is 12.6 Å². The summed E-state index contributed by atoms with van der Waals surface area (Å²) in [5, 5.41) is 0. The van der Waals surface area contributed by atoms with Crippen molar-refractivity contribution in [1.82, 2.24) is 0 Å². The summed E-state index contributed by atoms with van der Waals surface area (Å²) in [6.07, 6.45) is 0. The number of hydrogen-bond donors (Lipinski definition) is 0. The molecule has 0 spiro atoms. The first kappa shape index (κ1) is 13.5. The van der Waals surface area contributed by atoms with Gasteiger partial charge >= 0.3 is 0 Å². The van der Waals surface area contributed by atoms with Crippen LogP contribution in [0.25, 0.3) is 0 Å². The van der Waals surface area contributed by atoms with E-state index in [1.54, 1.807) is 36.0 Å². The van der Waals surface area contributed by atoms with Crippen molar-refractivity contribution in [3.05, 3.63) is 29.8 Å². The molecule has 0 aliphatic carbocycles. The molecule has 0 amide bonds. The lowest BCUT2D eigenvalue weighted by Crippen LogP contribution is -2.09. The third-order valence-electron chi connectivity index (χ3n) is 1.98. The first-order valence-corrected chi connectivity index (χ1v) is 7.66. The van der Waals surface area contributed by atoms with Crippen molar-refractivity contribution in [2.24, 2.45) is 0 Å². The van der Waals surface area contributed by atoms with Crippen LogP contribution >= 0.6 is 11.8 Å². The van der Waals surface area contributed by atoms with E-state index < -0.39 is 10.1 Å². The Morgan fingerprint density at radius 2 is 1.88 bits per heavy atom. The lowest BCUT2D eigenvalue weighted by Gasteiger charge is -2.05. The summed E-state index contributed by atoms with van der Waals surface area (Å²) in [5.74, 6) is 1.66. The fraction of sp³-hybridized carbons (Fsp3) is 0.455. The minimum absolute atomic E-state index is 0.222. The molecule has 5 heteroatoms. The SMILES string of the molecule is CCSCCOS(=O)(=O)c1ccc(C)cc1. The Labute approximate surface area is 101 Å². The highest BCUT2D eigenvalue weighted by molar-refractivity contribution is 7.99. The van der Waals surface area contributed by atoms with Crippen molar-refractivity contribution >= 4 is 21.9 Å². The van der Waals surface area contributed by atoms with Gasteiger partial charge in [-0.3, -0.25) is 4.18 Å². The van der Waals surface area contributed by atoms with Crippen LogP contribution in [0.5, 0.6) is 0 Å². The molecule has 0 unspecified atom stereocenters. The fourth-order valence-electron chi connectivity index (χ4n) is 1.12. The molecule has 0 aliphatic heterocycles. The molecule has 0 heterocycles. The Morgan fingerprint density at radius 3 is 2.44 bits per heavy atom. The van der Waals surface area contributed by atoms with Crippen LogP contribution in [0.2, 0.25) is 0 Å². The van der Waals surface area contributed by atoms with E-state index in [-0.39, 0.29) is 11.5 Å². The normalized spacial score (nSPS) is 11.6. The topological polar surface area (TPSA) is 43.4 Å². The molecule has 1 aromatic rings. The van der Waals surface area contributed by atoms with E-state index in [0.29, 0.717) is 5.75 Å². The molecular weight excluding hydrogens is 244 g/mol. The molecular formula is C11H16O3S2. The molecule has 0 aliphatic rings. The van der Waals surface area contributed by atoms with Gasteiger partial charge in [0.25, 0.3) is 10.1 Å². The molecule has 16 heavy (non-hydrogen) atoms. The van der Waals surface area contributed by atoms with Gasteiger partial charge in [-0.1, -0.05) is 24.6 Å². The van der Waals surface area contributed by atoms with Gasteiger partial charge < -0.3 is 0 Å². The molecule has 0 aromatic heterocycles. The van der Waals surface area contributed by atoms with E-state index in [1.807, 2.05) is 13.8 Å². The first-order chi connectivity index (χ1) is 7.56.